The second-order valence-electron chi connectivity index (χ2n) is 13.3. The first-order chi connectivity index (χ1) is 27.0. The van der Waals surface area contributed by atoms with Gasteiger partial charge in [0, 0.05) is 0 Å². The van der Waals surface area contributed by atoms with Crippen LogP contribution in [0.25, 0.3) is 77.9 Å². The highest BCUT2D eigenvalue weighted by molar-refractivity contribution is 7.86. The molecule has 0 spiro atoms. The highest BCUT2D eigenvalue weighted by Crippen LogP contribution is 2.46. The maximum atomic E-state index is 11.9. The van der Waals surface area contributed by atoms with E-state index >= 15 is 0 Å². The molecule has 0 radical (unpaired) electrons. The van der Waals surface area contributed by atoms with E-state index in [1.165, 1.54) is 24.3 Å². The Morgan fingerprint density at radius 2 is 0.571 bits per heavy atom. The fourth-order valence-electron chi connectivity index (χ4n) is 7.18. The largest absolute Gasteiger partial charge is 0.294 e. The van der Waals surface area contributed by atoms with Crippen molar-refractivity contribution < 1.29 is 25.9 Å². The second-order valence-corrected chi connectivity index (χ2v) is 16.2. The lowest BCUT2D eigenvalue weighted by molar-refractivity contribution is 0.481. The van der Waals surface area contributed by atoms with Crippen LogP contribution in [-0.2, 0) is 20.2 Å². The maximum Gasteiger partial charge on any atom is 0.294 e. The van der Waals surface area contributed by atoms with E-state index in [-0.39, 0.29) is 9.79 Å². The van der Waals surface area contributed by atoms with E-state index in [2.05, 4.69) is 84.9 Å². The molecule has 0 heterocycles. The van der Waals surface area contributed by atoms with Crippen LogP contribution in [0.1, 0.15) is 0 Å². The van der Waals surface area contributed by atoms with Crippen LogP contribution >= 0.6 is 0 Å². The smallest absolute Gasteiger partial charge is 0.282 e. The van der Waals surface area contributed by atoms with Gasteiger partial charge in [-0.05, 0) is 108 Å². The Morgan fingerprint density at radius 3 is 1.04 bits per heavy atom. The summed E-state index contributed by atoms with van der Waals surface area (Å²) in [5.74, 6) is 0. The van der Waals surface area contributed by atoms with Crippen molar-refractivity contribution in [3.05, 3.63) is 194 Å². The molecule has 0 saturated carbocycles. The lowest BCUT2D eigenvalue weighted by atomic mass is 9.82. The van der Waals surface area contributed by atoms with Crippen molar-refractivity contribution in [2.75, 3.05) is 0 Å². The summed E-state index contributed by atoms with van der Waals surface area (Å²) in [6, 6.07) is 61.6. The Kier molecular flexibility index (Phi) is 9.80. The maximum absolute atomic E-state index is 11.9. The van der Waals surface area contributed by atoms with Gasteiger partial charge in [-0.25, -0.2) is 0 Å². The normalized spacial score (nSPS) is 11.7. The average molecular weight is 771 g/mol. The molecular weight excluding hydrogens is 737 g/mol. The molecule has 0 aromatic heterocycles. The lowest BCUT2D eigenvalue weighted by Crippen LogP contribution is -1.98. The van der Waals surface area contributed by atoms with Crippen molar-refractivity contribution in [2.45, 2.75) is 9.79 Å². The first-order valence-electron chi connectivity index (χ1n) is 17.8. The van der Waals surface area contributed by atoms with Gasteiger partial charge < -0.3 is 0 Å². The van der Waals surface area contributed by atoms with Crippen LogP contribution in [0.4, 0.5) is 0 Å². The quantitative estimate of drug-likeness (QED) is 0.141. The van der Waals surface area contributed by atoms with Crippen LogP contribution < -0.4 is 0 Å². The van der Waals surface area contributed by atoms with Crippen LogP contribution in [0.2, 0.25) is 0 Å². The van der Waals surface area contributed by atoms with Gasteiger partial charge >= 0.3 is 0 Å². The summed E-state index contributed by atoms with van der Waals surface area (Å²) in [5.41, 5.74) is 13.4. The second kappa shape index (κ2) is 15.0. The Balaban J connectivity index is 1.33. The van der Waals surface area contributed by atoms with Crippen molar-refractivity contribution in [3.8, 4) is 77.9 Å². The minimum Gasteiger partial charge on any atom is -0.282 e. The molecular formula is C48H34O6S2. The summed E-state index contributed by atoms with van der Waals surface area (Å²) < 4.78 is 66.6. The monoisotopic (exact) mass is 770 g/mol. The van der Waals surface area contributed by atoms with Gasteiger partial charge in [-0.15, -0.1) is 0 Å². The molecule has 8 rings (SSSR count). The highest BCUT2D eigenvalue weighted by atomic mass is 32.2. The van der Waals surface area contributed by atoms with E-state index in [0.717, 1.165) is 77.9 Å². The summed E-state index contributed by atoms with van der Waals surface area (Å²) in [7, 11) is -8.70. The molecule has 8 heteroatoms. The highest BCUT2D eigenvalue weighted by Gasteiger charge is 2.21. The van der Waals surface area contributed by atoms with Crippen LogP contribution in [0.3, 0.4) is 0 Å². The minimum atomic E-state index is -4.38. The number of hydrogen-bond donors (Lipinski definition) is 2. The first kappa shape index (κ1) is 36.6. The molecule has 8 aromatic carbocycles. The topological polar surface area (TPSA) is 109 Å². The summed E-state index contributed by atoms with van der Waals surface area (Å²) >= 11 is 0. The molecule has 0 aliphatic carbocycles. The van der Waals surface area contributed by atoms with Crippen molar-refractivity contribution in [2.24, 2.45) is 0 Å². The van der Waals surface area contributed by atoms with Crippen LogP contribution in [0.15, 0.2) is 204 Å². The van der Waals surface area contributed by atoms with Gasteiger partial charge in [0.25, 0.3) is 20.2 Å². The van der Waals surface area contributed by atoms with E-state index in [1.54, 1.807) is 24.3 Å². The van der Waals surface area contributed by atoms with Crippen molar-refractivity contribution in [1.82, 2.24) is 0 Å². The Bertz CT molecular complexity index is 2890. The number of benzene rings is 8. The molecule has 0 amide bonds. The molecule has 56 heavy (non-hydrogen) atoms. The Labute approximate surface area is 326 Å². The molecule has 2 N–H and O–H groups in total. The van der Waals surface area contributed by atoms with E-state index in [1.807, 2.05) is 60.7 Å². The molecule has 0 atom stereocenters. The molecule has 0 fully saturated rings. The van der Waals surface area contributed by atoms with E-state index in [0.29, 0.717) is 0 Å². The number of rotatable bonds is 9. The summed E-state index contributed by atoms with van der Waals surface area (Å²) in [6.45, 7) is 0. The Morgan fingerprint density at radius 1 is 0.268 bits per heavy atom. The molecule has 0 aliphatic rings. The molecule has 0 unspecified atom stereocenters. The van der Waals surface area contributed by atoms with E-state index in [9.17, 15) is 25.9 Å². The van der Waals surface area contributed by atoms with Gasteiger partial charge in [-0.1, -0.05) is 164 Å². The first-order valence-corrected chi connectivity index (χ1v) is 20.7. The zero-order valence-electron chi connectivity index (χ0n) is 29.8. The molecule has 274 valence electrons. The molecule has 0 bridgehead atoms. The number of hydrogen-bond acceptors (Lipinski definition) is 4. The fraction of sp³-hybridized carbons (Fsp3) is 0. The van der Waals surface area contributed by atoms with Crippen molar-refractivity contribution >= 4 is 20.2 Å². The van der Waals surface area contributed by atoms with Crippen molar-refractivity contribution in [3.63, 3.8) is 0 Å². The molecule has 8 aromatic rings. The molecule has 0 saturated heterocycles. The fourth-order valence-corrected chi connectivity index (χ4v) is 8.14. The zero-order valence-corrected chi connectivity index (χ0v) is 31.5. The molecule has 0 aliphatic heterocycles. The SMILES string of the molecule is O=S(=O)(O)c1ccc(-c2ccc(-c3ccccc3)c(-c3ccc(-c4c(-c5ccc(S(=O)(=O)O)cc5)ccc(-c5ccccc5)c4-c4ccccc4)cc3)c2)cc1. The van der Waals surface area contributed by atoms with Crippen molar-refractivity contribution in [1.29, 1.82) is 0 Å². The summed E-state index contributed by atoms with van der Waals surface area (Å²) in [5, 5.41) is 0. The third-order valence-electron chi connectivity index (χ3n) is 9.89. The van der Waals surface area contributed by atoms with Crippen LogP contribution in [0, 0.1) is 0 Å². The van der Waals surface area contributed by atoms with Gasteiger partial charge in [0.15, 0.2) is 0 Å². The van der Waals surface area contributed by atoms with Gasteiger partial charge in [-0.3, -0.25) is 9.11 Å². The summed E-state index contributed by atoms with van der Waals surface area (Å²) in [6.07, 6.45) is 0. The minimum absolute atomic E-state index is 0.169. The third-order valence-corrected chi connectivity index (χ3v) is 11.6. The standard InChI is InChI=1S/C48H34O6S2/c49-55(50,51)41-25-20-33(21-26-41)40-24-29-43(34-10-4-1-5-11-34)46(32-40)37-16-18-39(19-17-37)48-45(36-22-27-42(28-23-36)56(52,53)54)31-30-44(35-12-6-2-7-13-35)47(48)38-14-8-3-9-15-38/h1-32H,(H,49,50,51)(H,52,53,54). The lowest BCUT2D eigenvalue weighted by Gasteiger charge is -2.21. The molecule has 6 nitrogen and oxygen atoms in total. The summed E-state index contributed by atoms with van der Waals surface area (Å²) in [4.78, 5) is -0.347. The predicted molar refractivity (Wildman–Crippen MR) is 224 cm³/mol. The predicted octanol–water partition coefficient (Wildman–Crippen LogP) is 11.8. The van der Waals surface area contributed by atoms with E-state index < -0.39 is 20.2 Å². The third kappa shape index (κ3) is 7.47. The van der Waals surface area contributed by atoms with Gasteiger partial charge in [0.05, 0.1) is 9.79 Å². The van der Waals surface area contributed by atoms with Gasteiger partial charge in [-0.2, -0.15) is 16.8 Å². The van der Waals surface area contributed by atoms with Crippen LogP contribution in [0.5, 0.6) is 0 Å². The van der Waals surface area contributed by atoms with Gasteiger partial charge in [0.1, 0.15) is 0 Å². The van der Waals surface area contributed by atoms with Gasteiger partial charge in [0.2, 0.25) is 0 Å². The van der Waals surface area contributed by atoms with E-state index in [4.69, 9.17) is 0 Å². The van der Waals surface area contributed by atoms with Crippen LogP contribution in [-0.4, -0.2) is 25.9 Å². The zero-order chi connectivity index (χ0) is 38.9. The Hall–Kier alpha value is -6.42. The average Bonchev–Trinajstić information content (AvgIpc) is 3.23.